The molecule has 1 saturated carbocycles. The number of nitro benzene ring substituents is 1. The summed E-state index contributed by atoms with van der Waals surface area (Å²) in [6, 6.07) is 3.88. The smallest absolute Gasteiger partial charge is 0.291 e. The van der Waals surface area contributed by atoms with Gasteiger partial charge in [0.1, 0.15) is 0 Å². The highest BCUT2D eigenvalue weighted by Crippen LogP contribution is 2.45. The van der Waals surface area contributed by atoms with Crippen molar-refractivity contribution in [3.05, 3.63) is 28.3 Å². The summed E-state index contributed by atoms with van der Waals surface area (Å²) < 4.78 is 27.2. The van der Waals surface area contributed by atoms with Crippen molar-refractivity contribution in [1.29, 1.82) is 0 Å². The molecule has 21 heavy (non-hydrogen) atoms. The Bertz CT molecular complexity index is 670. The van der Waals surface area contributed by atoms with Crippen molar-refractivity contribution in [1.82, 2.24) is 4.72 Å². The molecule has 0 spiro atoms. The average Bonchev–Trinajstić information content (AvgIpc) is 2.95. The number of hydrogen-bond donors (Lipinski definition) is 2. The van der Waals surface area contributed by atoms with Gasteiger partial charge in [-0.15, -0.1) is 0 Å². The summed E-state index contributed by atoms with van der Waals surface area (Å²) in [5.41, 5.74) is 0.0141. The van der Waals surface area contributed by atoms with Crippen molar-refractivity contribution in [2.24, 2.45) is 5.41 Å². The molecule has 116 valence electrons. The van der Waals surface area contributed by atoms with E-state index in [1.807, 2.05) is 20.8 Å². The number of nitrogens with one attached hydrogen (secondary N) is 2. The number of sulfonamides is 1. The van der Waals surface area contributed by atoms with Crippen molar-refractivity contribution in [3.63, 3.8) is 0 Å². The van der Waals surface area contributed by atoms with Gasteiger partial charge < -0.3 is 5.32 Å². The number of hydrogen-bond acceptors (Lipinski definition) is 5. The molecule has 1 aromatic carbocycles. The zero-order valence-corrected chi connectivity index (χ0v) is 13.0. The van der Waals surface area contributed by atoms with Crippen molar-refractivity contribution >= 4 is 21.4 Å². The second-order valence-corrected chi connectivity index (χ2v) is 7.52. The van der Waals surface area contributed by atoms with Crippen LogP contribution in [-0.2, 0) is 10.0 Å². The Morgan fingerprint density at radius 1 is 1.43 bits per heavy atom. The first-order valence-corrected chi connectivity index (χ1v) is 8.20. The maximum absolute atomic E-state index is 12.3. The van der Waals surface area contributed by atoms with Gasteiger partial charge in [-0.3, -0.25) is 10.1 Å². The van der Waals surface area contributed by atoms with Crippen LogP contribution < -0.4 is 10.0 Å². The van der Waals surface area contributed by atoms with E-state index in [0.717, 1.165) is 6.42 Å². The van der Waals surface area contributed by atoms with Crippen molar-refractivity contribution < 1.29 is 13.3 Å². The van der Waals surface area contributed by atoms with Crippen LogP contribution in [0.25, 0.3) is 0 Å². The molecule has 7 nitrogen and oxygen atoms in total. The van der Waals surface area contributed by atoms with E-state index in [4.69, 9.17) is 0 Å². The van der Waals surface area contributed by atoms with Gasteiger partial charge in [-0.1, -0.05) is 13.8 Å². The number of anilines is 1. The average molecular weight is 313 g/mol. The highest BCUT2D eigenvalue weighted by molar-refractivity contribution is 7.89. The predicted octanol–water partition coefficient (Wildman–Crippen LogP) is 2.10. The lowest BCUT2D eigenvalue weighted by molar-refractivity contribution is -0.387. The molecule has 0 heterocycles. The van der Waals surface area contributed by atoms with Crippen molar-refractivity contribution in [2.75, 3.05) is 11.9 Å². The molecule has 1 aliphatic carbocycles. The SMILES string of the molecule is CCNc1ccc(S(=O)(=O)NC2CC2(C)C)c([N+](=O)[O-])c1. The maximum Gasteiger partial charge on any atom is 0.291 e. The lowest BCUT2D eigenvalue weighted by atomic mass is 10.2. The minimum atomic E-state index is -3.89. The van der Waals surface area contributed by atoms with E-state index in [1.165, 1.54) is 18.2 Å². The zero-order valence-electron chi connectivity index (χ0n) is 12.2. The Morgan fingerprint density at radius 3 is 2.52 bits per heavy atom. The van der Waals surface area contributed by atoms with Crippen LogP contribution in [0.15, 0.2) is 23.1 Å². The maximum atomic E-state index is 12.3. The highest BCUT2D eigenvalue weighted by atomic mass is 32.2. The van der Waals surface area contributed by atoms with Crippen LogP contribution in [0.2, 0.25) is 0 Å². The molecule has 0 radical (unpaired) electrons. The molecule has 0 aromatic heterocycles. The van der Waals surface area contributed by atoms with Crippen LogP contribution in [0.5, 0.6) is 0 Å². The summed E-state index contributed by atoms with van der Waals surface area (Å²) in [6.07, 6.45) is 0.732. The third-order valence-electron chi connectivity index (χ3n) is 3.64. The Morgan fingerprint density at radius 2 is 2.05 bits per heavy atom. The number of rotatable bonds is 6. The largest absolute Gasteiger partial charge is 0.385 e. The number of nitro groups is 1. The second kappa shape index (κ2) is 5.27. The van der Waals surface area contributed by atoms with Gasteiger partial charge in [0.05, 0.1) is 4.92 Å². The molecule has 1 atom stereocenters. The Balaban J connectivity index is 2.36. The molecule has 1 aliphatic rings. The molecule has 0 saturated heterocycles. The number of benzene rings is 1. The molecule has 1 aromatic rings. The first-order valence-electron chi connectivity index (χ1n) is 6.72. The molecule has 0 bridgehead atoms. The van der Waals surface area contributed by atoms with Gasteiger partial charge in [-0.05, 0) is 30.9 Å². The molecular weight excluding hydrogens is 294 g/mol. The van der Waals surface area contributed by atoms with E-state index in [1.54, 1.807) is 0 Å². The standard InChI is InChI=1S/C13H19N3O4S/c1-4-14-9-5-6-11(10(7-9)16(17)18)21(19,20)15-12-8-13(12,2)3/h5-7,12,14-15H,4,8H2,1-3H3. The van der Waals surface area contributed by atoms with Crippen LogP contribution in [0.4, 0.5) is 11.4 Å². The minimum absolute atomic E-state index is 0.0917. The third-order valence-corrected chi connectivity index (χ3v) is 5.16. The van der Waals surface area contributed by atoms with Gasteiger partial charge >= 0.3 is 0 Å². The summed E-state index contributed by atoms with van der Waals surface area (Å²) in [4.78, 5) is 10.2. The molecule has 8 heteroatoms. The fourth-order valence-corrected chi connectivity index (χ4v) is 3.68. The lowest BCUT2D eigenvalue weighted by Crippen LogP contribution is -2.29. The van der Waals surface area contributed by atoms with E-state index in [0.29, 0.717) is 12.2 Å². The summed E-state index contributed by atoms with van der Waals surface area (Å²) >= 11 is 0. The topological polar surface area (TPSA) is 101 Å². The second-order valence-electron chi connectivity index (χ2n) is 5.84. The molecular formula is C13H19N3O4S. The molecule has 2 N–H and O–H groups in total. The summed E-state index contributed by atoms with van der Waals surface area (Å²) in [5, 5.41) is 14.1. The van der Waals surface area contributed by atoms with Crippen LogP contribution in [0.3, 0.4) is 0 Å². The monoisotopic (exact) mass is 313 g/mol. The van der Waals surface area contributed by atoms with Crippen LogP contribution >= 0.6 is 0 Å². The fraction of sp³-hybridized carbons (Fsp3) is 0.538. The Hall–Kier alpha value is -1.67. The van der Waals surface area contributed by atoms with Gasteiger partial charge in [0.15, 0.2) is 4.90 Å². The van der Waals surface area contributed by atoms with Crippen LogP contribution in [0, 0.1) is 15.5 Å². The van der Waals surface area contributed by atoms with Gasteiger partial charge in [0, 0.05) is 24.3 Å². The molecule has 1 fully saturated rings. The zero-order chi connectivity index (χ0) is 15.8. The van der Waals surface area contributed by atoms with E-state index < -0.39 is 20.6 Å². The fourth-order valence-electron chi connectivity index (χ4n) is 2.12. The van der Waals surface area contributed by atoms with Crippen LogP contribution in [-0.4, -0.2) is 25.9 Å². The van der Waals surface area contributed by atoms with E-state index in [2.05, 4.69) is 10.0 Å². The van der Waals surface area contributed by atoms with Gasteiger partial charge in [-0.2, -0.15) is 0 Å². The molecule has 2 rings (SSSR count). The first-order chi connectivity index (χ1) is 9.67. The van der Waals surface area contributed by atoms with Crippen molar-refractivity contribution in [2.45, 2.75) is 38.1 Å². The normalized spacial score (nSPS) is 20.0. The summed E-state index contributed by atoms with van der Waals surface area (Å²) in [6.45, 7) is 6.34. The Labute approximate surface area is 123 Å². The Kier molecular flexibility index (Phi) is 3.94. The van der Waals surface area contributed by atoms with E-state index in [-0.39, 0.29) is 16.4 Å². The molecule has 0 aliphatic heterocycles. The first kappa shape index (κ1) is 15.7. The predicted molar refractivity (Wildman–Crippen MR) is 79.8 cm³/mol. The highest BCUT2D eigenvalue weighted by Gasteiger charge is 2.48. The van der Waals surface area contributed by atoms with E-state index >= 15 is 0 Å². The summed E-state index contributed by atoms with van der Waals surface area (Å²) in [5.74, 6) is 0. The van der Waals surface area contributed by atoms with Crippen LogP contribution in [0.1, 0.15) is 27.2 Å². The molecule has 1 unspecified atom stereocenters. The van der Waals surface area contributed by atoms with Crippen molar-refractivity contribution in [3.8, 4) is 0 Å². The van der Waals surface area contributed by atoms with Gasteiger partial charge in [0.2, 0.25) is 10.0 Å². The summed E-state index contributed by atoms with van der Waals surface area (Å²) in [7, 11) is -3.89. The number of nitrogens with zero attached hydrogens (tertiary/aromatic N) is 1. The van der Waals surface area contributed by atoms with Gasteiger partial charge in [0.25, 0.3) is 5.69 Å². The quantitative estimate of drug-likeness (QED) is 0.618. The lowest BCUT2D eigenvalue weighted by Gasteiger charge is -2.10. The third kappa shape index (κ3) is 3.33. The van der Waals surface area contributed by atoms with E-state index in [9.17, 15) is 18.5 Å². The van der Waals surface area contributed by atoms with Gasteiger partial charge in [-0.25, -0.2) is 13.1 Å². The molecule has 0 amide bonds. The minimum Gasteiger partial charge on any atom is -0.385 e.